The third kappa shape index (κ3) is 5.49. The van der Waals surface area contributed by atoms with Crippen molar-refractivity contribution in [3.63, 3.8) is 0 Å². The van der Waals surface area contributed by atoms with Crippen LogP contribution in [0.4, 0.5) is 11.4 Å². The summed E-state index contributed by atoms with van der Waals surface area (Å²) in [7, 11) is 0. The normalized spacial score (nSPS) is 10.8. The van der Waals surface area contributed by atoms with E-state index in [0.717, 1.165) is 29.9 Å². The Kier molecular flexibility index (Phi) is 7.48. The lowest BCUT2D eigenvalue weighted by molar-refractivity contribution is -0.119. The van der Waals surface area contributed by atoms with Crippen LogP contribution in [-0.4, -0.2) is 31.8 Å². The minimum absolute atomic E-state index is 0.124. The maximum atomic E-state index is 11.9. The van der Waals surface area contributed by atoms with Crippen molar-refractivity contribution in [2.45, 2.75) is 20.8 Å². The van der Waals surface area contributed by atoms with Gasteiger partial charge in [-0.3, -0.25) is 4.79 Å². The summed E-state index contributed by atoms with van der Waals surface area (Å²) in [5.74, 6) is -0.222. The zero-order valence-corrected chi connectivity index (χ0v) is 16.2. The highest BCUT2D eigenvalue weighted by Crippen LogP contribution is 2.22. The summed E-state index contributed by atoms with van der Waals surface area (Å²) in [6, 6.07) is 13.6. The zero-order chi connectivity index (χ0) is 18.9. The van der Waals surface area contributed by atoms with Crippen molar-refractivity contribution in [3.8, 4) is 0 Å². The van der Waals surface area contributed by atoms with Gasteiger partial charge in [0.25, 0.3) is 5.91 Å². The fraction of sp³-hybridized carbons (Fsp3) is 0.300. The van der Waals surface area contributed by atoms with E-state index >= 15 is 0 Å². The Labute approximate surface area is 160 Å². The molecule has 138 valence electrons. The van der Waals surface area contributed by atoms with Crippen molar-refractivity contribution in [1.29, 1.82) is 0 Å². The summed E-state index contributed by atoms with van der Waals surface area (Å²) in [5.41, 5.74) is 6.38. The first-order chi connectivity index (χ1) is 12.5. The molecule has 2 aromatic rings. The number of nitrogens with one attached hydrogen (secondary N) is 2. The van der Waals surface area contributed by atoms with Crippen LogP contribution in [0.3, 0.4) is 0 Å². The molecule has 5 nitrogen and oxygen atoms in total. The molecular weight excluding hydrogens is 348 g/mol. The molecule has 0 aliphatic carbocycles. The first kappa shape index (κ1) is 19.8. The number of anilines is 2. The topological polar surface area (TPSA) is 56.7 Å². The lowest BCUT2D eigenvalue weighted by Crippen LogP contribution is -2.26. The predicted molar refractivity (Wildman–Crippen MR) is 110 cm³/mol. The molecule has 0 fully saturated rings. The highest BCUT2D eigenvalue weighted by molar-refractivity contribution is 6.31. The van der Waals surface area contributed by atoms with Crippen LogP contribution < -0.4 is 15.6 Å². The van der Waals surface area contributed by atoms with Crippen LogP contribution in [0, 0.1) is 6.92 Å². The van der Waals surface area contributed by atoms with E-state index in [-0.39, 0.29) is 12.5 Å². The molecule has 0 spiro atoms. The Morgan fingerprint density at radius 3 is 2.50 bits per heavy atom. The van der Waals surface area contributed by atoms with Gasteiger partial charge < -0.3 is 10.2 Å². The van der Waals surface area contributed by atoms with Gasteiger partial charge in [-0.15, -0.1) is 0 Å². The number of benzene rings is 2. The quantitative estimate of drug-likeness (QED) is 0.542. The fourth-order valence-electron chi connectivity index (χ4n) is 2.55. The number of amides is 1. The van der Waals surface area contributed by atoms with Crippen LogP contribution in [0.1, 0.15) is 25.0 Å². The molecule has 0 bridgehead atoms. The lowest BCUT2D eigenvalue weighted by atomic mass is 10.2. The molecule has 2 N–H and O–H groups in total. The number of rotatable bonds is 8. The Bertz CT molecular complexity index is 755. The van der Waals surface area contributed by atoms with E-state index in [2.05, 4.69) is 46.7 Å². The molecule has 0 aromatic heterocycles. The van der Waals surface area contributed by atoms with Crippen LogP contribution in [0.15, 0.2) is 47.6 Å². The molecule has 0 atom stereocenters. The summed E-state index contributed by atoms with van der Waals surface area (Å²) in [6.45, 7) is 8.24. The molecule has 2 aromatic carbocycles. The van der Waals surface area contributed by atoms with Crippen LogP contribution in [0.2, 0.25) is 5.02 Å². The monoisotopic (exact) mass is 372 g/mol. The second kappa shape index (κ2) is 9.82. The molecule has 26 heavy (non-hydrogen) atoms. The van der Waals surface area contributed by atoms with E-state index in [1.807, 2.05) is 37.3 Å². The van der Waals surface area contributed by atoms with Gasteiger partial charge in [-0.1, -0.05) is 29.8 Å². The Hall–Kier alpha value is -2.53. The van der Waals surface area contributed by atoms with E-state index in [9.17, 15) is 4.79 Å². The largest absolute Gasteiger partial charge is 0.376 e. The molecule has 6 heteroatoms. The predicted octanol–water partition coefficient (Wildman–Crippen LogP) is 4.06. The van der Waals surface area contributed by atoms with Gasteiger partial charge >= 0.3 is 0 Å². The van der Waals surface area contributed by atoms with Gasteiger partial charge in [-0.25, -0.2) is 5.43 Å². The van der Waals surface area contributed by atoms with E-state index < -0.39 is 0 Å². The molecule has 1 amide bonds. The molecule has 0 aliphatic heterocycles. The van der Waals surface area contributed by atoms with Crippen molar-refractivity contribution < 1.29 is 4.79 Å². The van der Waals surface area contributed by atoms with Crippen molar-refractivity contribution in [1.82, 2.24) is 5.43 Å². The van der Waals surface area contributed by atoms with Crippen molar-refractivity contribution in [2.75, 3.05) is 29.9 Å². The summed E-state index contributed by atoms with van der Waals surface area (Å²) >= 11 is 6.06. The summed E-state index contributed by atoms with van der Waals surface area (Å²) in [4.78, 5) is 14.2. The smallest absolute Gasteiger partial charge is 0.259 e. The van der Waals surface area contributed by atoms with Gasteiger partial charge in [0.2, 0.25) is 0 Å². The SMILES string of the molecule is CCN(CC)c1ccc(/C=N/NC(=O)CNc2cccc(Cl)c2C)cc1. The molecule has 0 unspecified atom stereocenters. The van der Waals surface area contributed by atoms with Crippen molar-refractivity contribution in [3.05, 3.63) is 58.6 Å². The number of hydrogen-bond donors (Lipinski definition) is 2. The van der Waals surface area contributed by atoms with E-state index in [1.165, 1.54) is 5.69 Å². The average molecular weight is 373 g/mol. The molecule has 0 saturated carbocycles. The lowest BCUT2D eigenvalue weighted by Gasteiger charge is -2.20. The maximum absolute atomic E-state index is 11.9. The maximum Gasteiger partial charge on any atom is 0.259 e. The third-order valence-electron chi connectivity index (χ3n) is 4.13. The molecule has 2 rings (SSSR count). The highest BCUT2D eigenvalue weighted by atomic mass is 35.5. The van der Waals surface area contributed by atoms with Crippen LogP contribution >= 0.6 is 11.6 Å². The molecular formula is C20H25ClN4O. The van der Waals surface area contributed by atoms with Crippen molar-refractivity contribution in [2.24, 2.45) is 5.10 Å². The Balaban J connectivity index is 1.84. The van der Waals surface area contributed by atoms with E-state index in [4.69, 9.17) is 11.6 Å². The minimum atomic E-state index is -0.222. The molecule has 0 aliphatic rings. The van der Waals surface area contributed by atoms with Gasteiger partial charge in [-0.2, -0.15) is 5.10 Å². The second-order valence-corrected chi connectivity index (χ2v) is 6.23. The van der Waals surface area contributed by atoms with Crippen LogP contribution in [0.25, 0.3) is 0 Å². The highest BCUT2D eigenvalue weighted by Gasteiger charge is 2.04. The number of carbonyl (C=O) groups excluding carboxylic acids is 1. The third-order valence-corrected chi connectivity index (χ3v) is 4.54. The van der Waals surface area contributed by atoms with E-state index in [1.54, 1.807) is 6.21 Å². The van der Waals surface area contributed by atoms with Gasteiger partial charge in [0.1, 0.15) is 0 Å². The second-order valence-electron chi connectivity index (χ2n) is 5.82. The van der Waals surface area contributed by atoms with Gasteiger partial charge in [0.15, 0.2) is 0 Å². The van der Waals surface area contributed by atoms with Crippen LogP contribution in [0.5, 0.6) is 0 Å². The molecule has 0 radical (unpaired) electrons. The molecule has 0 heterocycles. The number of hydrogen-bond acceptors (Lipinski definition) is 4. The van der Waals surface area contributed by atoms with Crippen molar-refractivity contribution >= 4 is 35.1 Å². The zero-order valence-electron chi connectivity index (χ0n) is 15.4. The first-order valence-electron chi connectivity index (χ1n) is 8.71. The minimum Gasteiger partial charge on any atom is -0.376 e. The number of nitrogens with zero attached hydrogens (tertiary/aromatic N) is 2. The van der Waals surface area contributed by atoms with Crippen LogP contribution in [-0.2, 0) is 4.79 Å². The van der Waals surface area contributed by atoms with E-state index in [0.29, 0.717) is 5.02 Å². The van der Waals surface area contributed by atoms with Gasteiger partial charge in [0, 0.05) is 29.5 Å². The number of hydrazone groups is 1. The Morgan fingerprint density at radius 1 is 1.15 bits per heavy atom. The number of halogens is 1. The average Bonchev–Trinajstić information content (AvgIpc) is 2.65. The summed E-state index contributed by atoms with van der Waals surface area (Å²) in [5, 5.41) is 7.73. The number of carbonyl (C=O) groups is 1. The standard InChI is InChI=1S/C20H25ClN4O/c1-4-25(5-2)17-11-9-16(10-12-17)13-23-24-20(26)14-22-19-8-6-7-18(21)15(19)3/h6-13,22H,4-5,14H2,1-3H3,(H,24,26)/b23-13+. The first-order valence-corrected chi connectivity index (χ1v) is 9.08. The van der Waals surface area contributed by atoms with Gasteiger partial charge in [0.05, 0.1) is 12.8 Å². The Morgan fingerprint density at radius 2 is 1.85 bits per heavy atom. The fourth-order valence-corrected chi connectivity index (χ4v) is 2.73. The summed E-state index contributed by atoms with van der Waals surface area (Å²) < 4.78 is 0. The molecule has 0 saturated heterocycles. The van der Waals surface area contributed by atoms with Gasteiger partial charge in [-0.05, 0) is 56.2 Å². The summed E-state index contributed by atoms with van der Waals surface area (Å²) in [6.07, 6.45) is 1.63.